The molecular weight excluding hydrogens is 198 g/mol. The van der Waals surface area contributed by atoms with Crippen LogP contribution in [0, 0.1) is 11.8 Å². The van der Waals surface area contributed by atoms with Gasteiger partial charge < -0.3 is 10.5 Å². The van der Waals surface area contributed by atoms with Gasteiger partial charge in [-0.05, 0) is 31.1 Å². The Morgan fingerprint density at radius 3 is 2.69 bits per heavy atom. The lowest BCUT2D eigenvalue weighted by molar-refractivity contribution is -0.0747. The van der Waals surface area contributed by atoms with Gasteiger partial charge in [-0.25, -0.2) is 0 Å². The molecule has 16 heavy (non-hydrogen) atoms. The quantitative estimate of drug-likeness (QED) is 0.781. The lowest BCUT2D eigenvalue weighted by atomic mass is 9.73. The number of rotatable bonds is 5. The van der Waals surface area contributed by atoms with Gasteiger partial charge >= 0.3 is 0 Å². The first-order valence-corrected chi connectivity index (χ1v) is 6.84. The molecule has 0 aromatic rings. The van der Waals surface area contributed by atoms with E-state index in [1.165, 1.54) is 19.3 Å². The topological polar surface area (TPSA) is 35.2 Å². The predicted octanol–water partition coefficient (Wildman–Crippen LogP) is 3.35. The summed E-state index contributed by atoms with van der Waals surface area (Å²) in [5.41, 5.74) is 6.37. The number of methoxy groups -OCH3 is 1. The van der Waals surface area contributed by atoms with Crippen molar-refractivity contribution < 1.29 is 4.74 Å². The van der Waals surface area contributed by atoms with Gasteiger partial charge in [-0.15, -0.1) is 0 Å². The van der Waals surface area contributed by atoms with Crippen LogP contribution in [0.25, 0.3) is 0 Å². The molecule has 0 aliphatic heterocycles. The summed E-state index contributed by atoms with van der Waals surface area (Å²) < 4.78 is 5.83. The smallest absolute Gasteiger partial charge is 0.0831 e. The fourth-order valence-electron chi connectivity index (χ4n) is 3.03. The van der Waals surface area contributed by atoms with E-state index >= 15 is 0 Å². The zero-order chi connectivity index (χ0) is 12.2. The Morgan fingerprint density at radius 2 is 2.19 bits per heavy atom. The lowest BCUT2D eigenvalue weighted by Crippen LogP contribution is -2.52. The van der Waals surface area contributed by atoms with Gasteiger partial charge in [0.05, 0.1) is 5.60 Å². The summed E-state index contributed by atoms with van der Waals surface area (Å²) in [6.07, 6.45) is 7.19. The van der Waals surface area contributed by atoms with Gasteiger partial charge in [0.25, 0.3) is 0 Å². The molecular formula is C14H29NO. The van der Waals surface area contributed by atoms with E-state index in [2.05, 4.69) is 20.8 Å². The second-order valence-electron chi connectivity index (χ2n) is 5.83. The molecule has 4 atom stereocenters. The minimum absolute atomic E-state index is 0.0406. The van der Waals surface area contributed by atoms with E-state index in [0.717, 1.165) is 25.2 Å². The van der Waals surface area contributed by atoms with Crippen LogP contribution in [0.1, 0.15) is 59.3 Å². The van der Waals surface area contributed by atoms with Crippen molar-refractivity contribution in [2.24, 2.45) is 17.6 Å². The van der Waals surface area contributed by atoms with Crippen LogP contribution >= 0.6 is 0 Å². The normalized spacial score (nSPS) is 34.7. The van der Waals surface area contributed by atoms with Crippen molar-refractivity contribution in [1.29, 1.82) is 0 Å². The Balaban J connectivity index is 2.63. The predicted molar refractivity (Wildman–Crippen MR) is 69.4 cm³/mol. The van der Waals surface area contributed by atoms with E-state index < -0.39 is 0 Å². The van der Waals surface area contributed by atoms with E-state index in [-0.39, 0.29) is 11.6 Å². The highest BCUT2D eigenvalue weighted by Gasteiger charge is 2.40. The van der Waals surface area contributed by atoms with E-state index in [1.54, 1.807) is 0 Å². The van der Waals surface area contributed by atoms with Gasteiger partial charge in [0.15, 0.2) is 0 Å². The van der Waals surface area contributed by atoms with Crippen LogP contribution in [0.3, 0.4) is 0 Å². The molecule has 1 saturated carbocycles. The summed E-state index contributed by atoms with van der Waals surface area (Å²) in [6, 6.07) is 0.204. The van der Waals surface area contributed by atoms with E-state index in [4.69, 9.17) is 10.5 Å². The molecule has 0 spiro atoms. The third kappa shape index (κ3) is 3.21. The maximum Gasteiger partial charge on any atom is 0.0831 e. The molecule has 2 nitrogen and oxygen atoms in total. The second kappa shape index (κ2) is 6.02. The summed E-state index contributed by atoms with van der Waals surface area (Å²) in [6.45, 7) is 6.85. The maximum atomic E-state index is 6.41. The Labute approximate surface area is 101 Å². The molecule has 0 aromatic carbocycles. The molecule has 2 N–H and O–H groups in total. The summed E-state index contributed by atoms with van der Waals surface area (Å²) in [5.74, 6) is 1.47. The number of hydrogen-bond donors (Lipinski definition) is 1. The molecule has 96 valence electrons. The molecule has 0 aromatic heterocycles. The fraction of sp³-hybridized carbons (Fsp3) is 1.00. The van der Waals surface area contributed by atoms with Gasteiger partial charge in [-0.2, -0.15) is 0 Å². The zero-order valence-corrected chi connectivity index (χ0v) is 11.5. The van der Waals surface area contributed by atoms with Gasteiger partial charge in [0, 0.05) is 13.2 Å². The molecule has 0 saturated heterocycles. The van der Waals surface area contributed by atoms with Crippen LogP contribution in [-0.2, 0) is 4.74 Å². The highest BCUT2D eigenvalue weighted by atomic mass is 16.5. The van der Waals surface area contributed by atoms with E-state index in [1.807, 2.05) is 7.11 Å². The average molecular weight is 227 g/mol. The van der Waals surface area contributed by atoms with Crippen molar-refractivity contribution >= 4 is 0 Å². The van der Waals surface area contributed by atoms with E-state index in [9.17, 15) is 0 Å². The zero-order valence-electron chi connectivity index (χ0n) is 11.5. The molecule has 0 bridgehead atoms. The van der Waals surface area contributed by atoms with Crippen molar-refractivity contribution in [3.05, 3.63) is 0 Å². The molecule has 0 heterocycles. The third-order valence-corrected chi connectivity index (χ3v) is 4.43. The molecule has 1 aliphatic carbocycles. The van der Waals surface area contributed by atoms with Crippen LogP contribution in [0.5, 0.6) is 0 Å². The SMILES string of the molecule is CCC(C)CC(N)C1(OC)CCCC(C)C1. The molecule has 2 heteroatoms. The standard InChI is InChI=1S/C14H29NO/c1-5-11(2)9-13(15)14(16-4)8-6-7-12(3)10-14/h11-13H,5-10,15H2,1-4H3. The van der Waals surface area contributed by atoms with Crippen molar-refractivity contribution in [3.63, 3.8) is 0 Å². The van der Waals surface area contributed by atoms with Gasteiger partial charge in [-0.1, -0.05) is 40.0 Å². The summed E-state index contributed by atoms with van der Waals surface area (Å²) in [7, 11) is 1.84. The summed E-state index contributed by atoms with van der Waals surface area (Å²) >= 11 is 0. The molecule has 1 rings (SSSR count). The van der Waals surface area contributed by atoms with Crippen molar-refractivity contribution in [1.82, 2.24) is 0 Å². The first-order valence-electron chi connectivity index (χ1n) is 6.84. The van der Waals surface area contributed by atoms with Gasteiger partial charge in [0.1, 0.15) is 0 Å². The summed E-state index contributed by atoms with van der Waals surface area (Å²) in [4.78, 5) is 0. The van der Waals surface area contributed by atoms with Crippen LogP contribution in [0.15, 0.2) is 0 Å². The Bertz CT molecular complexity index is 207. The third-order valence-electron chi connectivity index (χ3n) is 4.43. The van der Waals surface area contributed by atoms with Crippen LogP contribution in [-0.4, -0.2) is 18.8 Å². The minimum Gasteiger partial charge on any atom is -0.377 e. The number of hydrogen-bond acceptors (Lipinski definition) is 2. The van der Waals surface area contributed by atoms with Crippen LogP contribution in [0.4, 0.5) is 0 Å². The first kappa shape index (κ1) is 14.0. The first-order chi connectivity index (χ1) is 7.54. The van der Waals surface area contributed by atoms with Crippen molar-refractivity contribution in [2.75, 3.05) is 7.11 Å². The van der Waals surface area contributed by atoms with Crippen molar-refractivity contribution in [3.8, 4) is 0 Å². The Hall–Kier alpha value is -0.0800. The highest BCUT2D eigenvalue weighted by molar-refractivity contribution is 4.95. The second-order valence-corrected chi connectivity index (χ2v) is 5.83. The Kier molecular flexibility index (Phi) is 5.26. The van der Waals surface area contributed by atoms with Gasteiger partial charge in [-0.3, -0.25) is 0 Å². The fourth-order valence-corrected chi connectivity index (χ4v) is 3.03. The molecule has 0 amide bonds. The number of ether oxygens (including phenoxy) is 1. The number of nitrogens with two attached hydrogens (primary N) is 1. The highest BCUT2D eigenvalue weighted by Crippen LogP contribution is 2.38. The van der Waals surface area contributed by atoms with Crippen LogP contribution in [0.2, 0.25) is 0 Å². The molecule has 1 fully saturated rings. The Morgan fingerprint density at radius 1 is 1.50 bits per heavy atom. The van der Waals surface area contributed by atoms with Gasteiger partial charge in [0.2, 0.25) is 0 Å². The van der Waals surface area contributed by atoms with E-state index in [0.29, 0.717) is 5.92 Å². The maximum absolute atomic E-state index is 6.41. The molecule has 4 unspecified atom stereocenters. The monoisotopic (exact) mass is 227 g/mol. The minimum atomic E-state index is -0.0406. The molecule has 0 radical (unpaired) electrons. The lowest BCUT2D eigenvalue weighted by Gasteiger charge is -2.43. The summed E-state index contributed by atoms with van der Waals surface area (Å²) in [5, 5.41) is 0. The largest absolute Gasteiger partial charge is 0.377 e. The molecule has 1 aliphatic rings. The van der Waals surface area contributed by atoms with Crippen molar-refractivity contribution in [2.45, 2.75) is 70.9 Å². The van der Waals surface area contributed by atoms with Crippen LogP contribution < -0.4 is 5.73 Å². The average Bonchev–Trinajstić information content (AvgIpc) is 2.28.